The molecule has 0 aliphatic heterocycles. The highest BCUT2D eigenvalue weighted by Gasteiger charge is 2.23. The van der Waals surface area contributed by atoms with Crippen LogP contribution in [-0.4, -0.2) is 51.5 Å². The second-order valence-corrected chi connectivity index (χ2v) is 14.1. The number of hydrogen-bond donors (Lipinski definition) is 3. The number of nitrogens with one attached hydrogen (secondary N) is 3. The van der Waals surface area contributed by atoms with Crippen LogP contribution in [-0.2, 0) is 21.1 Å². The monoisotopic (exact) mass is 622 g/mol. The minimum atomic E-state index is -3.19. The molecule has 1 fully saturated rings. The van der Waals surface area contributed by atoms with E-state index in [2.05, 4.69) is 30.5 Å². The Hall–Kier alpha value is -4.90. The maximum absolute atomic E-state index is 14.7. The van der Waals surface area contributed by atoms with Gasteiger partial charge in [-0.3, -0.25) is 19.9 Å². The van der Waals surface area contributed by atoms with Gasteiger partial charge in [-0.25, -0.2) is 12.8 Å². The van der Waals surface area contributed by atoms with Gasteiger partial charge >= 0.3 is 0 Å². The van der Waals surface area contributed by atoms with Gasteiger partial charge in [0.2, 0.25) is 5.91 Å². The molecule has 4 aromatic heterocycles. The Kier molecular flexibility index (Phi) is 7.40. The lowest BCUT2D eigenvalue weighted by Gasteiger charge is -2.11. The number of carbonyl (C=O) groups is 1. The average molecular weight is 623 g/mol. The summed E-state index contributed by atoms with van der Waals surface area (Å²) >= 11 is 0. The second-order valence-electron chi connectivity index (χ2n) is 11.8. The van der Waals surface area contributed by atoms with Crippen molar-refractivity contribution < 1.29 is 17.6 Å². The van der Waals surface area contributed by atoms with Crippen LogP contribution in [0.3, 0.4) is 0 Å². The van der Waals surface area contributed by atoms with Gasteiger partial charge in [0.05, 0.1) is 40.6 Å². The third-order valence-corrected chi connectivity index (χ3v) is 9.40. The molecule has 1 aliphatic carbocycles. The number of sulfone groups is 1. The number of aromatic amines is 2. The number of aryl methyl sites for hydroxylation is 1. The first-order chi connectivity index (χ1) is 21.7. The highest BCUT2D eigenvalue weighted by molar-refractivity contribution is 7.90. The summed E-state index contributed by atoms with van der Waals surface area (Å²) in [6, 6.07) is 14.5. The Bertz CT molecular complexity index is 2180. The van der Waals surface area contributed by atoms with E-state index in [4.69, 9.17) is 0 Å². The Labute approximate surface area is 259 Å². The maximum atomic E-state index is 14.7. The molecular weight excluding hydrogens is 591 g/mol. The van der Waals surface area contributed by atoms with E-state index in [-0.39, 0.29) is 24.0 Å². The van der Waals surface area contributed by atoms with E-state index in [1.54, 1.807) is 24.8 Å². The lowest BCUT2D eigenvalue weighted by Crippen LogP contribution is -2.20. The summed E-state index contributed by atoms with van der Waals surface area (Å²) in [4.78, 5) is 24.9. The zero-order valence-corrected chi connectivity index (χ0v) is 25.4. The van der Waals surface area contributed by atoms with Gasteiger partial charge in [-0.1, -0.05) is 25.0 Å². The van der Waals surface area contributed by atoms with Gasteiger partial charge in [-0.15, -0.1) is 0 Å². The molecule has 3 N–H and O–H groups in total. The van der Waals surface area contributed by atoms with E-state index in [1.165, 1.54) is 18.4 Å². The summed E-state index contributed by atoms with van der Waals surface area (Å²) in [6.07, 6.45) is 12.3. The molecule has 0 spiro atoms. The van der Waals surface area contributed by atoms with Crippen LogP contribution >= 0.6 is 0 Å². The van der Waals surface area contributed by atoms with Crippen molar-refractivity contribution in [1.82, 2.24) is 25.1 Å². The Morgan fingerprint density at radius 1 is 0.911 bits per heavy atom. The van der Waals surface area contributed by atoms with Crippen LogP contribution in [0.25, 0.3) is 55.4 Å². The van der Waals surface area contributed by atoms with Crippen molar-refractivity contribution >= 4 is 43.2 Å². The molecule has 45 heavy (non-hydrogen) atoms. The molecule has 1 amide bonds. The Balaban J connectivity index is 1.22. The van der Waals surface area contributed by atoms with E-state index in [9.17, 15) is 17.6 Å². The minimum Gasteiger partial charge on any atom is -0.352 e. The van der Waals surface area contributed by atoms with Gasteiger partial charge in [-0.2, -0.15) is 5.10 Å². The van der Waals surface area contributed by atoms with Crippen molar-refractivity contribution in [2.75, 3.05) is 17.3 Å². The molecule has 1 saturated carbocycles. The first-order valence-corrected chi connectivity index (χ1v) is 17.0. The van der Waals surface area contributed by atoms with Crippen LogP contribution in [0.15, 0.2) is 73.3 Å². The van der Waals surface area contributed by atoms with Crippen molar-refractivity contribution in [1.29, 1.82) is 0 Å². The fourth-order valence-electron chi connectivity index (χ4n) is 6.16. The summed E-state index contributed by atoms with van der Waals surface area (Å²) in [5, 5.41) is 12.5. The molecule has 0 saturated heterocycles. The van der Waals surface area contributed by atoms with Crippen molar-refractivity contribution in [3.05, 3.63) is 84.7 Å². The zero-order valence-electron chi connectivity index (χ0n) is 24.6. The number of fused-ring (bicyclic) bond motifs is 2. The quantitative estimate of drug-likeness (QED) is 0.173. The predicted octanol–water partition coefficient (Wildman–Crippen LogP) is 6.69. The predicted molar refractivity (Wildman–Crippen MR) is 174 cm³/mol. The normalized spacial score (nSPS) is 14.0. The van der Waals surface area contributed by atoms with E-state index >= 15 is 0 Å². The van der Waals surface area contributed by atoms with E-state index in [1.807, 2.05) is 36.4 Å². The number of benzene rings is 2. The van der Waals surface area contributed by atoms with Crippen LogP contribution < -0.4 is 5.32 Å². The third-order valence-electron chi connectivity index (χ3n) is 8.46. The number of anilines is 1. The van der Waals surface area contributed by atoms with Gasteiger partial charge in [0.1, 0.15) is 21.3 Å². The smallest absolute Gasteiger partial charge is 0.227 e. The van der Waals surface area contributed by atoms with E-state index in [0.29, 0.717) is 22.5 Å². The van der Waals surface area contributed by atoms with Crippen molar-refractivity contribution in [3.8, 4) is 33.6 Å². The van der Waals surface area contributed by atoms with Crippen LogP contribution in [0.4, 0.5) is 10.1 Å². The summed E-state index contributed by atoms with van der Waals surface area (Å²) in [5.74, 6) is -0.384. The molecule has 11 heteroatoms. The van der Waals surface area contributed by atoms with Gasteiger partial charge in [0.15, 0.2) is 0 Å². The molecule has 228 valence electrons. The molecule has 6 aromatic rings. The number of H-pyrrole nitrogens is 2. The molecule has 2 aromatic carbocycles. The van der Waals surface area contributed by atoms with Crippen LogP contribution in [0.1, 0.15) is 31.2 Å². The number of carbonyl (C=O) groups excluding carboxylic acids is 1. The van der Waals surface area contributed by atoms with Gasteiger partial charge in [0, 0.05) is 46.5 Å². The molecule has 0 radical (unpaired) electrons. The molecule has 4 heterocycles. The van der Waals surface area contributed by atoms with Gasteiger partial charge in [0.25, 0.3) is 0 Å². The maximum Gasteiger partial charge on any atom is 0.227 e. The first kappa shape index (κ1) is 28.8. The van der Waals surface area contributed by atoms with E-state index in [0.717, 1.165) is 69.9 Å². The topological polar surface area (TPSA) is 133 Å². The van der Waals surface area contributed by atoms with Crippen LogP contribution in [0, 0.1) is 11.7 Å². The number of rotatable bonds is 8. The summed E-state index contributed by atoms with van der Waals surface area (Å²) in [6.45, 7) is 0. The van der Waals surface area contributed by atoms with Crippen molar-refractivity contribution in [2.45, 2.75) is 32.1 Å². The summed E-state index contributed by atoms with van der Waals surface area (Å²) in [5.41, 5.74) is 7.48. The van der Waals surface area contributed by atoms with Gasteiger partial charge in [-0.05, 0) is 72.4 Å². The number of aromatic nitrogens is 5. The summed E-state index contributed by atoms with van der Waals surface area (Å²) < 4.78 is 38.0. The van der Waals surface area contributed by atoms with Crippen molar-refractivity contribution in [2.24, 2.45) is 5.92 Å². The highest BCUT2D eigenvalue weighted by Crippen LogP contribution is 2.36. The SMILES string of the molecule is CS(=O)(=O)CCc1cc(F)cc(-c2cncc3[nH]c(-c4n[nH]c5ccc(-c6cncc(NC(=O)C7CCCC7)c6)cc45)cc23)c1. The minimum absolute atomic E-state index is 0.0510. The average Bonchev–Trinajstić information content (AvgIpc) is 3.79. The lowest BCUT2D eigenvalue weighted by molar-refractivity contribution is -0.119. The lowest BCUT2D eigenvalue weighted by atomic mass is 10.00. The Morgan fingerprint density at radius 2 is 1.73 bits per heavy atom. The standard InChI is InChI=1S/C34H31FN6O3S/c1-45(43,44)9-8-20-10-23(12-25(35)11-20)29-18-37-19-32-27(29)15-31(39-32)33-28-14-22(6-7-30(28)40-41-33)24-13-26(17-36-16-24)38-34(42)21-4-2-3-5-21/h6-7,10-19,21,39H,2-5,8-9H2,1H3,(H,38,42)(H,40,41). The molecule has 0 unspecified atom stereocenters. The fourth-order valence-corrected chi connectivity index (χ4v) is 6.77. The van der Waals surface area contributed by atoms with Crippen LogP contribution in [0.2, 0.25) is 0 Å². The number of amides is 1. The summed E-state index contributed by atoms with van der Waals surface area (Å²) in [7, 11) is -3.19. The zero-order chi connectivity index (χ0) is 31.1. The molecule has 1 aliphatic rings. The molecular formula is C34H31FN6O3S. The number of hydrogen-bond acceptors (Lipinski definition) is 6. The second kappa shape index (κ2) is 11.6. The molecule has 7 rings (SSSR count). The molecule has 0 atom stereocenters. The molecule has 0 bridgehead atoms. The van der Waals surface area contributed by atoms with Gasteiger partial charge < -0.3 is 10.3 Å². The van der Waals surface area contributed by atoms with Crippen molar-refractivity contribution in [3.63, 3.8) is 0 Å². The van der Waals surface area contributed by atoms with E-state index < -0.39 is 15.7 Å². The first-order valence-electron chi connectivity index (χ1n) is 14.9. The van der Waals surface area contributed by atoms with Crippen LogP contribution in [0.5, 0.6) is 0 Å². The number of halogens is 1. The number of pyridine rings is 2. The third kappa shape index (κ3) is 6.08. The largest absolute Gasteiger partial charge is 0.352 e. The molecule has 9 nitrogen and oxygen atoms in total. The highest BCUT2D eigenvalue weighted by atomic mass is 32.2. The Morgan fingerprint density at radius 3 is 2.56 bits per heavy atom. The fraction of sp³-hybridized carbons (Fsp3) is 0.235. The number of nitrogens with zero attached hydrogens (tertiary/aromatic N) is 3.